The van der Waals surface area contributed by atoms with Crippen molar-refractivity contribution in [2.75, 3.05) is 34.5 Å². The van der Waals surface area contributed by atoms with Gasteiger partial charge in [-0.2, -0.15) is 0 Å². The van der Waals surface area contributed by atoms with E-state index < -0.39 is 18.5 Å². The Kier molecular flexibility index (Phi) is 8.14. The molecule has 1 amide bonds. The Morgan fingerprint density at radius 1 is 0.931 bits per heavy atom. The van der Waals surface area contributed by atoms with Crippen LogP contribution in [0.15, 0.2) is 36.4 Å². The quantitative estimate of drug-likeness (QED) is 0.610. The van der Waals surface area contributed by atoms with Gasteiger partial charge in [0.25, 0.3) is 5.91 Å². The summed E-state index contributed by atoms with van der Waals surface area (Å²) < 4.78 is 26.2. The molecule has 0 unspecified atom stereocenters. The van der Waals surface area contributed by atoms with Crippen molar-refractivity contribution >= 4 is 11.9 Å². The first-order chi connectivity index (χ1) is 14.0. The topological polar surface area (TPSA) is 92.3 Å². The Bertz CT molecular complexity index is 808. The lowest BCUT2D eigenvalue weighted by atomic mass is 10.1. The van der Waals surface area contributed by atoms with Crippen LogP contribution in [0.4, 0.5) is 0 Å². The molecule has 0 saturated heterocycles. The largest absolute Gasteiger partial charge is 0.494 e. The van der Waals surface area contributed by atoms with Crippen molar-refractivity contribution in [3.63, 3.8) is 0 Å². The molecule has 2 aromatic rings. The number of methoxy groups -OCH3 is 3. The summed E-state index contributed by atoms with van der Waals surface area (Å²) in [5.41, 5.74) is 1.08. The summed E-state index contributed by atoms with van der Waals surface area (Å²) in [6, 6.07) is 9.97. The minimum Gasteiger partial charge on any atom is -0.494 e. The average Bonchev–Trinajstić information content (AvgIpc) is 2.75. The number of hydrogen-bond acceptors (Lipinski definition) is 7. The van der Waals surface area contributed by atoms with E-state index in [2.05, 4.69) is 5.32 Å². The zero-order valence-corrected chi connectivity index (χ0v) is 16.9. The van der Waals surface area contributed by atoms with Crippen molar-refractivity contribution in [2.24, 2.45) is 0 Å². The maximum atomic E-state index is 12.0. The maximum Gasteiger partial charge on any atom is 0.338 e. The number of rotatable bonds is 10. The van der Waals surface area contributed by atoms with Gasteiger partial charge in [0.2, 0.25) is 5.75 Å². The van der Waals surface area contributed by atoms with E-state index in [1.54, 1.807) is 36.4 Å². The van der Waals surface area contributed by atoms with Gasteiger partial charge in [0.15, 0.2) is 18.1 Å². The molecule has 0 aromatic heterocycles. The van der Waals surface area contributed by atoms with Gasteiger partial charge in [-0.3, -0.25) is 4.79 Å². The fourth-order valence-corrected chi connectivity index (χ4v) is 2.56. The second-order valence-corrected chi connectivity index (χ2v) is 5.84. The third kappa shape index (κ3) is 6.03. The van der Waals surface area contributed by atoms with E-state index >= 15 is 0 Å². The van der Waals surface area contributed by atoms with E-state index in [0.29, 0.717) is 35.2 Å². The van der Waals surface area contributed by atoms with Gasteiger partial charge in [-0.05, 0) is 48.9 Å². The highest BCUT2D eigenvalue weighted by Crippen LogP contribution is 2.38. The Morgan fingerprint density at radius 2 is 1.55 bits per heavy atom. The van der Waals surface area contributed by atoms with Gasteiger partial charge in [-0.1, -0.05) is 0 Å². The second kappa shape index (κ2) is 10.8. The minimum absolute atomic E-state index is 0.205. The van der Waals surface area contributed by atoms with Crippen LogP contribution in [0.2, 0.25) is 0 Å². The molecule has 0 saturated carbocycles. The molecule has 0 heterocycles. The van der Waals surface area contributed by atoms with Crippen molar-refractivity contribution in [1.82, 2.24) is 5.32 Å². The number of carbonyl (C=O) groups excluding carboxylic acids is 2. The second-order valence-electron chi connectivity index (χ2n) is 5.84. The summed E-state index contributed by atoms with van der Waals surface area (Å²) in [6.45, 7) is 2.22. The van der Waals surface area contributed by atoms with Crippen LogP contribution in [0.5, 0.6) is 23.0 Å². The van der Waals surface area contributed by atoms with Crippen LogP contribution in [0.3, 0.4) is 0 Å². The Balaban J connectivity index is 1.89. The number of hydrogen-bond donors (Lipinski definition) is 1. The Labute approximate surface area is 169 Å². The van der Waals surface area contributed by atoms with E-state index in [1.807, 2.05) is 6.92 Å². The van der Waals surface area contributed by atoms with Crippen molar-refractivity contribution in [3.05, 3.63) is 47.5 Å². The molecule has 0 aliphatic carbocycles. The first-order valence-corrected chi connectivity index (χ1v) is 8.97. The fraction of sp³-hybridized carbons (Fsp3) is 0.333. The highest BCUT2D eigenvalue weighted by Gasteiger charge is 2.14. The van der Waals surface area contributed by atoms with Crippen LogP contribution < -0.4 is 24.3 Å². The van der Waals surface area contributed by atoms with Crippen molar-refractivity contribution in [3.8, 4) is 23.0 Å². The van der Waals surface area contributed by atoms with E-state index in [4.69, 9.17) is 23.7 Å². The van der Waals surface area contributed by atoms with Crippen LogP contribution in [0.1, 0.15) is 22.8 Å². The Morgan fingerprint density at radius 3 is 2.07 bits per heavy atom. The molecular formula is C21H25NO7. The average molecular weight is 403 g/mol. The van der Waals surface area contributed by atoms with Crippen LogP contribution >= 0.6 is 0 Å². The van der Waals surface area contributed by atoms with Gasteiger partial charge in [-0.25, -0.2) is 4.79 Å². The zero-order chi connectivity index (χ0) is 21.2. The molecule has 0 aliphatic rings. The molecule has 2 rings (SSSR count). The van der Waals surface area contributed by atoms with Gasteiger partial charge in [0.05, 0.1) is 33.5 Å². The molecule has 0 aliphatic heterocycles. The van der Waals surface area contributed by atoms with Crippen LogP contribution in [-0.2, 0) is 16.1 Å². The van der Waals surface area contributed by atoms with E-state index in [-0.39, 0.29) is 6.54 Å². The van der Waals surface area contributed by atoms with Crippen molar-refractivity contribution in [2.45, 2.75) is 13.5 Å². The zero-order valence-electron chi connectivity index (χ0n) is 16.9. The molecule has 1 N–H and O–H groups in total. The summed E-state index contributed by atoms with van der Waals surface area (Å²) >= 11 is 0. The summed E-state index contributed by atoms with van der Waals surface area (Å²) in [5, 5.41) is 2.68. The van der Waals surface area contributed by atoms with Gasteiger partial charge < -0.3 is 29.0 Å². The smallest absolute Gasteiger partial charge is 0.338 e. The molecule has 0 radical (unpaired) electrons. The lowest BCUT2D eigenvalue weighted by Gasteiger charge is -2.14. The molecule has 2 aromatic carbocycles. The summed E-state index contributed by atoms with van der Waals surface area (Å²) in [5.74, 6) is 1.08. The predicted octanol–water partition coefficient (Wildman–Crippen LogP) is 2.58. The lowest BCUT2D eigenvalue weighted by Crippen LogP contribution is -2.28. The van der Waals surface area contributed by atoms with Crippen molar-refractivity contribution < 1.29 is 33.3 Å². The van der Waals surface area contributed by atoms with Crippen molar-refractivity contribution in [1.29, 1.82) is 0 Å². The number of esters is 1. The molecule has 156 valence electrons. The minimum atomic E-state index is -0.587. The van der Waals surface area contributed by atoms with Gasteiger partial charge in [0, 0.05) is 6.54 Å². The number of benzene rings is 2. The first-order valence-electron chi connectivity index (χ1n) is 8.97. The normalized spacial score (nSPS) is 10.1. The lowest BCUT2D eigenvalue weighted by molar-refractivity contribution is -0.124. The van der Waals surface area contributed by atoms with Crippen LogP contribution in [0, 0.1) is 0 Å². The number of ether oxygens (including phenoxy) is 5. The number of carbonyl (C=O) groups is 2. The standard InChI is InChI=1S/C21H25NO7/c1-5-28-16-8-6-15(7-9-16)21(24)29-13-19(23)22-12-14-10-17(25-2)20(27-4)18(11-14)26-3/h6-11H,5,12-13H2,1-4H3,(H,22,23). The Hall–Kier alpha value is -3.42. The first kappa shape index (κ1) is 21.9. The number of amides is 1. The van der Waals surface area contributed by atoms with Gasteiger partial charge in [0.1, 0.15) is 5.75 Å². The SMILES string of the molecule is CCOc1ccc(C(=O)OCC(=O)NCc2cc(OC)c(OC)c(OC)c2)cc1. The highest BCUT2D eigenvalue weighted by molar-refractivity contribution is 5.91. The van der Waals surface area contributed by atoms with Gasteiger partial charge >= 0.3 is 5.97 Å². The van der Waals surface area contributed by atoms with E-state index in [0.717, 1.165) is 5.56 Å². The molecule has 0 fully saturated rings. The molecule has 8 nitrogen and oxygen atoms in total. The van der Waals surface area contributed by atoms with E-state index in [9.17, 15) is 9.59 Å². The predicted molar refractivity (Wildman–Crippen MR) is 106 cm³/mol. The third-order valence-corrected chi connectivity index (χ3v) is 3.95. The van der Waals surface area contributed by atoms with Crippen LogP contribution in [0.25, 0.3) is 0 Å². The highest BCUT2D eigenvalue weighted by atomic mass is 16.5. The summed E-state index contributed by atoms with van der Waals surface area (Å²) in [6.07, 6.45) is 0. The molecule has 29 heavy (non-hydrogen) atoms. The maximum absolute atomic E-state index is 12.0. The number of nitrogens with one attached hydrogen (secondary N) is 1. The van der Waals surface area contributed by atoms with E-state index in [1.165, 1.54) is 21.3 Å². The molecule has 0 bridgehead atoms. The molecule has 8 heteroatoms. The fourth-order valence-electron chi connectivity index (χ4n) is 2.56. The van der Waals surface area contributed by atoms with Crippen LogP contribution in [-0.4, -0.2) is 46.4 Å². The monoisotopic (exact) mass is 403 g/mol. The summed E-state index contributed by atoms with van der Waals surface area (Å²) in [4.78, 5) is 24.1. The molecular weight excluding hydrogens is 378 g/mol. The third-order valence-electron chi connectivity index (χ3n) is 3.95. The molecule has 0 spiro atoms. The molecule has 0 atom stereocenters. The van der Waals surface area contributed by atoms with Gasteiger partial charge in [-0.15, -0.1) is 0 Å². The summed E-state index contributed by atoms with van der Waals surface area (Å²) in [7, 11) is 4.54.